The van der Waals surface area contributed by atoms with E-state index in [4.69, 9.17) is 14.9 Å². The lowest BCUT2D eigenvalue weighted by atomic mass is 9.51. The lowest BCUT2D eigenvalue weighted by molar-refractivity contribution is -0.330. The summed E-state index contributed by atoms with van der Waals surface area (Å²) in [6, 6.07) is 4.49. The van der Waals surface area contributed by atoms with Crippen LogP contribution in [0.2, 0.25) is 0 Å². The van der Waals surface area contributed by atoms with E-state index in [9.17, 15) is 10.5 Å². The molecule has 0 amide bonds. The number of nitrogens with one attached hydrogen (secondary N) is 1. The first-order valence-electron chi connectivity index (χ1n) is 7.30. The van der Waals surface area contributed by atoms with Crippen LogP contribution in [0.3, 0.4) is 0 Å². The summed E-state index contributed by atoms with van der Waals surface area (Å²) in [5, 5.41) is 27.9. The van der Waals surface area contributed by atoms with Crippen LogP contribution in [0, 0.1) is 44.8 Å². The van der Waals surface area contributed by atoms with E-state index in [-0.39, 0.29) is 11.7 Å². The third-order valence-electron chi connectivity index (χ3n) is 5.31. The molecule has 4 bridgehead atoms. The summed E-state index contributed by atoms with van der Waals surface area (Å²) >= 11 is 0. The fourth-order valence-corrected chi connectivity index (χ4v) is 3.96. The topological polar surface area (TPSA) is 102 Å². The number of fused-ring (bicyclic) bond motifs is 1. The second-order valence-corrected chi connectivity index (χ2v) is 6.19. The van der Waals surface area contributed by atoms with Gasteiger partial charge in [-0.1, -0.05) is 26.7 Å². The number of unbranched alkanes of at least 4 members (excludes halogenated alkanes) is 1. The lowest BCUT2D eigenvalue weighted by Crippen LogP contribution is -2.73. The van der Waals surface area contributed by atoms with Crippen molar-refractivity contribution in [2.75, 3.05) is 0 Å². The van der Waals surface area contributed by atoms with E-state index in [0.29, 0.717) is 6.42 Å². The molecule has 0 radical (unpaired) electrons. The second-order valence-electron chi connectivity index (χ2n) is 6.19. The number of ether oxygens (including phenoxy) is 2. The van der Waals surface area contributed by atoms with E-state index in [1.165, 1.54) is 0 Å². The Bertz CT molecular complexity index is 631. The number of rotatable bonds is 3. The first kappa shape index (κ1) is 14.0. The van der Waals surface area contributed by atoms with Gasteiger partial charge in [0.25, 0.3) is 0 Å². The number of amidine groups is 1. The van der Waals surface area contributed by atoms with Crippen LogP contribution in [-0.4, -0.2) is 23.6 Å². The molecule has 0 spiro atoms. The third kappa shape index (κ3) is 1.25. The molecule has 1 N–H and O–H groups in total. The molecule has 0 aliphatic carbocycles. The molecule has 3 fully saturated rings. The van der Waals surface area contributed by atoms with Gasteiger partial charge >= 0.3 is 0 Å². The van der Waals surface area contributed by atoms with Crippen molar-refractivity contribution < 1.29 is 9.47 Å². The molecule has 21 heavy (non-hydrogen) atoms. The van der Waals surface area contributed by atoms with Crippen molar-refractivity contribution in [1.29, 1.82) is 15.9 Å². The third-order valence-corrected chi connectivity index (χ3v) is 5.31. The monoisotopic (exact) mass is 286 g/mol. The predicted molar refractivity (Wildman–Crippen MR) is 74.3 cm³/mol. The van der Waals surface area contributed by atoms with E-state index >= 15 is 0 Å². The Hall–Kier alpha value is -1.92. The Morgan fingerprint density at radius 2 is 2.00 bits per heavy atom. The van der Waals surface area contributed by atoms with Gasteiger partial charge in [-0.15, -0.1) is 0 Å². The second kappa shape index (κ2) is 4.05. The van der Waals surface area contributed by atoms with E-state index in [1.54, 1.807) is 13.8 Å². The molecular formula is C15H18N4O2. The first-order valence-corrected chi connectivity index (χ1v) is 7.30. The maximum absolute atomic E-state index is 9.89. The molecule has 0 saturated carbocycles. The molecule has 4 aliphatic heterocycles. The van der Waals surface area contributed by atoms with Gasteiger partial charge in [-0.25, -0.2) is 0 Å². The summed E-state index contributed by atoms with van der Waals surface area (Å²) < 4.78 is 11.9. The number of aliphatic imine (C=N–C) groups is 1. The van der Waals surface area contributed by atoms with Gasteiger partial charge in [-0.3, -0.25) is 5.41 Å². The SMILES string of the molecule is CCCC[C@@H]1O[C@@]2(C)OC3=NC(=N)[C@](C#N)([C@@H]2C)[C@@]31C#N. The van der Waals surface area contributed by atoms with Crippen molar-refractivity contribution in [3.63, 3.8) is 0 Å². The van der Waals surface area contributed by atoms with E-state index < -0.39 is 28.6 Å². The summed E-state index contributed by atoms with van der Waals surface area (Å²) in [7, 11) is 0. The molecule has 4 heterocycles. The van der Waals surface area contributed by atoms with E-state index in [2.05, 4.69) is 24.1 Å². The fourth-order valence-electron chi connectivity index (χ4n) is 3.96. The zero-order chi connectivity index (χ0) is 15.5. The number of nitriles is 2. The molecule has 3 saturated heterocycles. The van der Waals surface area contributed by atoms with E-state index in [1.807, 2.05) is 0 Å². The summed E-state index contributed by atoms with van der Waals surface area (Å²) in [4.78, 5) is 4.13. The molecule has 110 valence electrons. The van der Waals surface area contributed by atoms with Crippen LogP contribution in [0.1, 0.15) is 40.0 Å². The molecule has 4 rings (SSSR count). The zero-order valence-corrected chi connectivity index (χ0v) is 12.4. The van der Waals surface area contributed by atoms with Gasteiger partial charge in [0.1, 0.15) is 5.84 Å². The normalized spacial score (nSPS) is 46.5. The van der Waals surface area contributed by atoms with Crippen molar-refractivity contribution in [1.82, 2.24) is 0 Å². The van der Waals surface area contributed by atoms with Crippen LogP contribution in [0.15, 0.2) is 4.99 Å². The Morgan fingerprint density at radius 1 is 1.33 bits per heavy atom. The maximum Gasteiger partial charge on any atom is 0.218 e. The summed E-state index contributed by atoms with van der Waals surface area (Å²) in [6.45, 7) is 5.64. The Morgan fingerprint density at radius 3 is 2.57 bits per heavy atom. The van der Waals surface area contributed by atoms with Crippen LogP contribution in [-0.2, 0) is 9.47 Å². The fraction of sp³-hybridized carbons (Fsp3) is 0.733. The van der Waals surface area contributed by atoms with Gasteiger partial charge in [-0.2, -0.15) is 15.5 Å². The van der Waals surface area contributed by atoms with Crippen LogP contribution in [0.4, 0.5) is 0 Å². The highest BCUT2D eigenvalue weighted by molar-refractivity contribution is 6.12. The Kier molecular flexibility index (Phi) is 2.71. The zero-order valence-electron chi connectivity index (χ0n) is 12.4. The smallest absolute Gasteiger partial charge is 0.218 e. The average Bonchev–Trinajstić information content (AvgIpc) is 2.68. The van der Waals surface area contributed by atoms with Crippen molar-refractivity contribution in [3.05, 3.63) is 0 Å². The molecule has 4 aliphatic rings. The number of hydrogen-bond acceptors (Lipinski definition) is 5. The van der Waals surface area contributed by atoms with Crippen LogP contribution >= 0.6 is 0 Å². The van der Waals surface area contributed by atoms with Crippen LogP contribution in [0.25, 0.3) is 0 Å². The maximum atomic E-state index is 9.89. The van der Waals surface area contributed by atoms with Gasteiger partial charge in [0.2, 0.25) is 11.7 Å². The Balaban J connectivity index is 2.22. The number of nitrogens with zero attached hydrogens (tertiary/aromatic N) is 3. The highest BCUT2D eigenvalue weighted by Crippen LogP contribution is 2.66. The largest absolute Gasteiger partial charge is 0.447 e. The lowest BCUT2D eigenvalue weighted by Gasteiger charge is -2.60. The standard InChI is InChI=1S/C15H18N4O2/c1-4-5-6-10-15(8-17)12-19-11(18)14(15,7-16)9(2)13(3,20-10)21-12/h9-10,18H,4-6H2,1-3H3/t9-,10+,13+,14+,15-/m1/s1. The number of hydrogen-bond donors (Lipinski definition) is 1. The van der Waals surface area contributed by atoms with Crippen molar-refractivity contribution in [2.45, 2.75) is 51.9 Å². The predicted octanol–water partition coefficient (Wildman–Crippen LogP) is 2.37. The first-order chi connectivity index (χ1) is 9.92. The van der Waals surface area contributed by atoms with Crippen LogP contribution in [0.5, 0.6) is 0 Å². The summed E-state index contributed by atoms with van der Waals surface area (Å²) in [5.41, 5.74) is -2.56. The highest BCUT2D eigenvalue weighted by atomic mass is 16.7. The van der Waals surface area contributed by atoms with Crippen molar-refractivity contribution in [2.24, 2.45) is 21.7 Å². The molecule has 6 heteroatoms. The molecule has 0 aromatic heterocycles. The summed E-state index contributed by atoms with van der Waals surface area (Å²) in [6.07, 6.45) is 2.06. The molecule has 0 aromatic carbocycles. The molecule has 5 atom stereocenters. The molecule has 0 aromatic rings. The van der Waals surface area contributed by atoms with Crippen molar-refractivity contribution in [3.8, 4) is 12.1 Å². The van der Waals surface area contributed by atoms with Gasteiger partial charge < -0.3 is 9.47 Å². The van der Waals surface area contributed by atoms with Crippen LogP contribution < -0.4 is 0 Å². The van der Waals surface area contributed by atoms with Gasteiger partial charge in [-0.05, 0) is 6.42 Å². The van der Waals surface area contributed by atoms with Gasteiger partial charge in [0, 0.05) is 12.8 Å². The average molecular weight is 286 g/mol. The molecular weight excluding hydrogens is 268 g/mol. The minimum absolute atomic E-state index is 0.0671. The minimum Gasteiger partial charge on any atom is -0.447 e. The summed E-state index contributed by atoms with van der Waals surface area (Å²) in [5.74, 6) is -1.31. The highest BCUT2D eigenvalue weighted by Gasteiger charge is 2.81. The van der Waals surface area contributed by atoms with Gasteiger partial charge in [0.05, 0.1) is 18.2 Å². The minimum atomic E-state index is -1.29. The van der Waals surface area contributed by atoms with E-state index in [0.717, 1.165) is 12.8 Å². The van der Waals surface area contributed by atoms with Gasteiger partial charge in [0.15, 0.2) is 10.8 Å². The molecule has 6 nitrogen and oxygen atoms in total. The molecule has 0 unspecified atom stereocenters. The van der Waals surface area contributed by atoms with Crippen molar-refractivity contribution >= 4 is 11.7 Å². The Labute approximate surface area is 123 Å². The quantitative estimate of drug-likeness (QED) is 0.860.